The maximum Gasteiger partial charge on any atom is 0.240 e. The summed E-state index contributed by atoms with van der Waals surface area (Å²) in [6.07, 6.45) is 9.13. The molecule has 1 aliphatic rings. The molecule has 0 bridgehead atoms. The van der Waals surface area contributed by atoms with E-state index in [9.17, 15) is 14.4 Å². The average Bonchev–Trinajstić information content (AvgIpc) is 3.17. The van der Waals surface area contributed by atoms with Crippen molar-refractivity contribution in [3.05, 3.63) is 50.1 Å². The van der Waals surface area contributed by atoms with E-state index in [1.165, 1.54) is 6.42 Å². The molecular weight excluding hydrogens is 571 g/mol. The first-order valence-corrected chi connectivity index (χ1v) is 13.4. The van der Waals surface area contributed by atoms with Crippen molar-refractivity contribution >= 4 is 18.1 Å². The first-order valence-electron chi connectivity index (χ1n) is 13.4. The second kappa shape index (κ2) is 27.6. The first-order chi connectivity index (χ1) is 17.6. The van der Waals surface area contributed by atoms with Gasteiger partial charge >= 0.3 is 0 Å². The molecule has 1 radical (unpaired) electrons. The van der Waals surface area contributed by atoms with Gasteiger partial charge in [-0.05, 0) is 38.0 Å². The van der Waals surface area contributed by atoms with E-state index in [2.05, 4.69) is 62.7 Å². The van der Waals surface area contributed by atoms with Crippen LogP contribution in [-0.2, 0) is 47.1 Å². The fraction of sp³-hybridized carbons (Fsp3) is 0.621. The van der Waals surface area contributed by atoms with E-state index in [1.54, 1.807) is 4.90 Å². The Morgan fingerprint density at radius 2 is 1.67 bits per heavy atom. The van der Waals surface area contributed by atoms with Crippen LogP contribution in [0.25, 0.3) is 0 Å². The average molecular weight is 626 g/mol. The zero-order valence-electron chi connectivity index (χ0n) is 24.9. The Kier molecular flexibility index (Phi) is 31.2. The van der Waals surface area contributed by atoms with Gasteiger partial charge in [0.05, 0.1) is 5.82 Å². The van der Waals surface area contributed by atoms with E-state index in [-0.39, 0.29) is 55.9 Å². The van der Waals surface area contributed by atoms with Crippen LogP contribution in [0.5, 0.6) is 0 Å². The van der Waals surface area contributed by atoms with Gasteiger partial charge in [0.15, 0.2) is 0 Å². The molecule has 1 heterocycles. The van der Waals surface area contributed by atoms with Crippen LogP contribution >= 0.6 is 0 Å². The zero-order valence-corrected chi connectivity index (χ0v) is 27.7. The van der Waals surface area contributed by atoms with Crippen LogP contribution < -0.4 is 21.7 Å². The molecule has 0 aromatic carbocycles. The van der Waals surface area contributed by atoms with Crippen molar-refractivity contribution in [3.63, 3.8) is 0 Å². The molecule has 1 fully saturated rings. The minimum Gasteiger partial charge on any atom is -0.540 e. The Bertz CT molecular complexity index is 714. The van der Waals surface area contributed by atoms with Crippen molar-refractivity contribution in [1.29, 1.82) is 0 Å². The summed E-state index contributed by atoms with van der Waals surface area (Å²) in [4.78, 5) is 37.5. The molecule has 1 rings (SSSR count). The normalized spacial score (nSPS) is 13.2. The zero-order chi connectivity index (χ0) is 28.8. The van der Waals surface area contributed by atoms with E-state index in [0.717, 1.165) is 43.5 Å². The molecule has 0 aliphatic carbocycles. The van der Waals surface area contributed by atoms with Crippen molar-refractivity contribution < 1.29 is 52.6 Å². The number of hydrogen-bond acceptors (Lipinski definition) is 6. The van der Waals surface area contributed by atoms with Crippen LogP contribution in [0.2, 0.25) is 0 Å². The molecule has 9 nitrogen and oxygen atoms in total. The predicted octanol–water partition coefficient (Wildman–Crippen LogP) is 3.60. The van der Waals surface area contributed by atoms with Gasteiger partial charge in [-0.25, -0.2) is 6.29 Å². The quantitative estimate of drug-likeness (QED) is 0.110. The van der Waals surface area contributed by atoms with Gasteiger partial charge in [-0.15, -0.1) is 13.2 Å². The minimum absolute atomic E-state index is 0. The number of hydrogen-bond donors (Lipinski definition) is 4. The van der Waals surface area contributed by atoms with E-state index in [0.29, 0.717) is 38.2 Å². The van der Waals surface area contributed by atoms with Crippen molar-refractivity contribution in [2.45, 2.75) is 97.6 Å². The van der Waals surface area contributed by atoms with Gasteiger partial charge in [-0.2, -0.15) is 0 Å². The summed E-state index contributed by atoms with van der Waals surface area (Å²) in [5.74, 6) is 0.322. The Labute approximate surface area is 262 Å². The van der Waals surface area contributed by atoms with Gasteiger partial charge in [0.2, 0.25) is 11.8 Å². The number of likely N-dealkylation sites (tertiary alicyclic amines) is 1. The van der Waals surface area contributed by atoms with Crippen LogP contribution in [0, 0.1) is 5.92 Å². The maximum atomic E-state index is 12.7. The number of carbonyl (C=O) groups is 2. The third-order valence-electron chi connectivity index (χ3n) is 5.46. The Balaban J connectivity index is -0.000000814. The molecular formula is C29H54N5O4Y-. The second-order valence-corrected chi connectivity index (χ2v) is 9.37. The van der Waals surface area contributed by atoms with Gasteiger partial charge in [-0.3, -0.25) is 9.59 Å². The number of rotatable bonds is 17. The van der Waals surface area contributed by atoms with Crippen LogP contribution in [0.4, 0.5) is 0 Å². The number of nitrogens with two attached hydrogens (primary N) is 1. The fourth-order valence-electron chi connectivity index (χ4n) is 3.57. The molecule has 39 heavy (non-hydrogen) atoms. The van der Waals surface area contributed by atoms with Crippen LogP contribution in [0.3, 0.4) is 0 Å². The molecule has 0 saturated carbocycles. The van der Waals surface area contributed by atoms with E-state index in [1.807, 2.05) is 20.1 Å². The predicted molar refractivity (Wildman–Crippen MR) is 158 cm³/mol. The number of nitrogens with zero attached hydrogens (tertiary/aromatic N) is 1. The number of allylic oxidation sites excluding steroid dienone is 2. The minimum atomic E-state index is -0.672. The molecule has 2 atom stereocenters. The van der Waals surface area contributed by atoms with Crippen LogP contribution in [-0.4, -0.2) is 53.6 Å². The Hall–Kier alpha value is -1.97. The second-order valence-electron chi connectivity index (χ2n) is 9.37. The Morgan fingerprint density at radius 3 is 2.13 bits per heavy atom. The molecule has 7 N–H and O–H groups in total. The summed E-state index contributed by atoms with van der Waals surface area (Å²) >= 11 is 0. The number of nitrogens with one attached hydrogen (secondary N) is 3. The fourth-order valence-corrected chi connectivity index (χ4v) is 3.57. The molecule has 0 aromatic heterocycles. The van der Waals surface area contributed by atoms with Crippen molar-refractivity contribution in [1.82, 2.24) is 20.9 Å². The first kappa shape index (κ1) is 44.1. The summed E-state index contributed by atoms with van der Waals surface area (Å²) in [6, 6.07) is -1.15. The molecule has 1 aliphatic heterocycles. The monoisotopic (exact) mass is 625 g/mol. The van der Waals surface area contributed by atoms with Gasteiger partial charge in [0.1, 0.15) is 6.04 Å². The van der Waals surface area contributed by atoms with Crippen molar-refractivity contribution in [2.75, 3.05) is 13.1 Å². The summed E-state index contributed by atoms with van der Waals surface area (Å²) in [6.45, 7) is 27.0. The number of amides is 2. The third-order valence-corrected chi connectivity index (χ3v) is 5.46. The smallest absolute Gasteiger partial charge is 0.240 e. The molecule has 1 saturated heterocycles. The number of carbonyl (C=O) groups excluding carboxylic acids is 3. The largest absolute Gasteiger partial charge is 0.540 e. The van der Waals surface area contributed by atoms with Crippen LogP contribution in [0.15, 0.2) is 50.1 Å². The summed E-state index contributed by atoms with van der Waals surface area (Å²) in [5.41, 5.74) is 7.15. The molecule has 2 amide bonds. The molecule has 10 heteroatoms. The van der Waals surface area contributed by atoms with Crippen LogP contribution in [0.1, 0.15) is 85.5 Å². The standard InChI is InChI=1S/C24H40N5O3.C3H8.C2H4.H2O.Y/c1-17(2)23(24(32)28-21(16-30)11-9-14-26-20(5)25)27-18(3)10-7-6-8-15-29-19(4)12-13-22(29)31;1-3-2;1-2;;/h17,21,23,26-27H,3-15,25H2,1-2H3,(H,28,32);3H2,1-2H3;1-2H2;1H2;/q-1;;;;/t21-,23?;;;;/m0..../s1. The topological polar surface area (TPSA) is 148 Å². The van der Waals surface area contributed by atoms with E-state index < -0.39 is 12.1 Å². The molecule has 1 unspecified atom stereocenters. The third kappa shape index (κ3) is 21.5. The van der Waals surface area contributed by atoms with Gasteiger partial charge in [0, 0.05) is 63.6 Å². The van der Waals surface area contributed by atoms with Gasteiger partial charge in [0.25, 0.3) is 0 Å². The van der Waals surface area contributed by atoms with E-state index in [4.69, 9.17) is 5.73 Å². The summed E-state index contributed by atoms with van der Waals surface area (Å²) < 4.78 is 0. The summed E-state index contributed by atoms with van der Waals surface area (Å²) in [7, 11) is 0. The van der Waals surface area contributed by atoms with Gasteiger partial charge < -0.3 is 36.9 Å². The summed E-state index contributed by atoms with van der Waals surface area (Å²) in [5, 5.41) is 8.87. The molecule has 0 spiro atoms. The van der Waals surface area contributed by atoms with Crippen molar-refractivity contribution in [2.24, 2.45) is 11.7 Å². The van der Waals surface area contributed by atoms with E-state index >= 15 is 0 Å². The number of unbranched alkanes of at least 4 members (excludes halogenated alkanes) is 2. The maximum absolute atomic E-state index is 12.7. The molecule has 0 aromatic rings. The molecule has 223 valence electrons. The SMILES string of the molecule is C=C.C=C(N)NCCC[C@@H]([C-]=O)NC(=O)C(NC(=C)CCCCCN1C(=C)CCC1=O)C(C)C.CCC.O.[Y]. The van der Waals surface area contributed by atoms with Crippen molar-refractivity contribution in [3.8, 4) is 0 Å². The van der Waals surface area contributed by atoms with Gasteiger partial charge in [-0.1, -0.05) is 72.7 Å². The Morgan fingerprint density at radius 1 is 1.08 bits per heavy atom.